The third kappa shape index (κ3) is 3.58. The van der Waals surface area contributed by atoms with Gasteiger partial charge in [0.15, 0.2) is 23.3 Å². The van der Waals surface area contributed by atoms with Gasteiger partial charge >= 0.3 is 0 Å². The van der Waals surface area contributed by atoms with E-state index in [4.69, 9.17) is 0 Å². The number of benzene rings is 6. The predicted octanol–water partition coefficient (Wildman–Crippen LogP) is 9.69. The quantitative estimate of drug-likeness (QED) is 0.0990. The van der Waals surface area contributed by atoms with E-state index >= 15 is 8.78 Å². The van der Waals surface area contributed by atoms with E-state index in [0.29, 0.717) is 21.5 Å². The molecule has 5 heteroatoms. The first kappa shape index (κ1) is 22.9. The predicted molar refractivity (Wildman–Crippen MR) is 138 cm³/mol. The van der Waals surface area contributed by atoms with E-state index in [1.807, 2.05) is 54.6 Å². The fraction of sp³-hybridized carbons (Fsp3) is 0. The number of rotatable bonds is 3. The maximum atomic E-state index is 15.1. The molecule has 0 heterocycles. The van der Waals surface area contributed by atoms with Gasteiger partial charge in [0.2, 0.25) is 5.82 Å². The molecule has 0 spiro atoms. The first-order valence-corrected chi connectivity index (χ1v) is 11.6. The summed E-state index contributed by atoms with van der Waals surface area (Å²) >= 11 is 0. The van der Waals surface area contributed by atoms with E-state index in [1.165, 1.54) is 0 Å². The first-order valence-electron chi connectivity index (χ1n) is 11.6. The van der Waals surface area contributed by atoms with E-state index in [1.54, 1.807) is 48.5 Å². The number of hydrogen-bond acceptors (Lipinski definition) is 0. The first-order chi connectivity index (χ1) is 18.0. The summed E-state index contributed by atoms with van der Waals surface area (Å²) in [5, 5.41) is 2.03. The molecule has 6 rings (SSSR count). The average molecular weight is 496 g/mol. The Morgan fingerprint density at radius 3 is 1.11 bits per heavy atom. The van der Waals surface area contributed by atoms with Crippen LogP contribution >= 0.6 is 0 Å². The molecule has 0 aromatic heterocycles. The molecule has 0 radical (unpaired) electrons. The molecule has 0 aliphatic carbocycles. The molecule has 0 nitrogen and oxygen atoms in total. The van der Waals surface area contributed by atoms with Crippen LogP contribution in [-0.2, 0) is 0 Å². The van der Waals surface area contributed by atoms with Crippen LogP contribution in [0.3, 0.4) is 0 Å². The van der Waals surface area contributed by atoms with Gasteiger partial charge in [0.05, 0.1) is 5.56 Å². The van der Waals surface area contributed by atoms with Crippen LogP contribution < -0.4 is 0 Å². The topological polar surface area (TPSA) is 0 Å². The highest BCUT2D eigenvalue weighted by Crippen LogP contribution is 2.45. The minimum absolute atomic E-state index is 0.0383. The lowest BCUT2D eigenvalue weighted by Crippen LogP contribution is -2.05. The molecule has 6 aromatic rings. The molecule has 180 valence electrons. The van der Waals surface area contributed by atoms with E-state index in [9.17, 15) is 13.2 Å². The van der Waals surface area contributed by atoms with E-state index in [2.05, 4.69) is 0 Å². The molecule has 0 aliphatic rings. The van der Waals surface area contributed by atoms with Crippen molar-refractivity contribution in [2.45, 2.75) is 0 Å². The maximum absolute atomic E-state index is 15.1. The summed E-state index contributed by atoms with van der Waals surface area (Å²) in [5.41, 5.74) is 2.77. The summed E-state index contributed by atoms with van der Waals surface area (Å²) in [6.45, 7) is 0. The molecule has 0 bridgehead atoms. The Morgan fingerprint density at radius 2 is 0.622 bits per heavy atom. The van der Waals surface area contributed by atoms with Crippen molar-refractivity contribution in [2.75, 3.05) is 0 Å². The van der Waals surface area contributed by atoms with Crippen LogP contribution in [0.15, 0.2) is 103 Å². The van der Waals surface area contributed by atoms with Gasteiger partial charge in [0.1, 0.15) is 0 Å². The molecular formula is C32H17F5. The lowest BCUT2D eigenvalue weighted by atomic mass is 9.85. The highest BCUT2D eigenvalue weighted by molar-refractivity contribution is 6.21. The molecule has 6 aromatic carbocycles. The monoisotopic (exact) mass is 496 g/mol. The van der Waals surface area contributed by atoms with Crippen molar-refractivity contribution in [1.29, 1.82) is 0 Å². The molecule has 0 unspecified atom stereocenters. The lowest BCUT2D eigenvalue weighted by Gasteiger charge is -2.19. The molecule has 0 fully saturated rings. The Balaban J connectivity index is 1.69. The molecule has 0 atom stereocenters. The third-order valence-corrected chi connectivity index (χ3v) is 6.67. The van der Waals surface area contributed by atoms with Gasteiger partial charge in [0.25, 0.3) is 0 Å². The Morgan fingerprint density at radius 1 is 0.270 bits per heavy atom. The summed E-state index contributed by atoms with van der Waals surface area (Å²) < 4.78 is 72.5. The summed E-state index contributed by atoms with van der Waals surface area (Å²) in [6.07, 6.45) is 0. The fourth-order valence-corrected chi connectivity index (χ4v) is 4.99. The second kappa shape index (κ2) is 8.86. The minimum Gasteiger partial charge on any atom is -0.203 e. The number of hydrogen-bond donors (Lipinski definition) is 0. The number of fused-ring (bicyclic) bond motifs is 2. The van der Waals surface area contributed by atoms with Crippen molar-refractivity contribution in [3.63, 3.8) is 0 Å². The summed E-state index contributed by atoms with van der Waals surface area (Å²) in [5.74, 6) is -9.83. The van der Waals surface area contributed by atoms with Crippen LogP contribution in [0, 0.1) is 29.1 Å². The van der Waals surface area contributed by atoms with Crippen molar-refractivity contribution >= 4 is 21.5 Å². The molecular weight excluding hydrogens is 479 g/mol. The van der Waals surface area contributed by atoms with Crippen molar-refractivity contribution in [3.05, 3.63) is 132 Å². The van der Waals surface area contributed by atoms with Gasteiger partial charge in [-0.3, -0.25) is 0 Å². The largest absolute Gasteiger partial charge is 0.203 e. The fourth-order valence-electron chi connectivity index (χ4n) is 4.99. The minimum atomic E-state index is -2.18. The number of halogens is 5. The van der Waals surface area contributed by atoms with E-state index in [-0.39, 0.29) is 5.56 Å². The molecule has 0 aliphatic heterocycles. The second-order valence-corrected chi connectivity index (χ2v) is 8.73. The summed E-state index contributed by atoms with van der Waals surface area (Å²) in [4.78, 5) is 0. The van der Waals surface area contributed by atoms with Gasteiger partial charge in [0, 0.05) is 5.56 Å². The van der Waals surface area contributed by atoms with Gasteiger partial charge in [-0.25, -0.2) is 22.0 Å². The molecule has 0 amide bonds. The Bertz CT molecular complexity index is 1720. The van der Waals surface area contributed by atoms with Crippen molar-refractivity contribution < 1.29 is 22.0 Å². The zero-order valence-corrected chi connectivity index (χ0v) is 19.2. The zero-order chi connectivity index (χ0) is 25.7. The molecule has 0 saturated carbocycles. The average Bonchev–Trinajstić information content (AvgIpc) is 2.95. The second-order valence-electron chi connectivity index (χ2n) is 8.73. The van der Waals surface area contributed by atoms with Crippen LogP contribution in [0.25, 0.3) is 54.9 Å². The molecule has 0 saturated heterocycles. The van der Waals surface area contributed by atoms with Crippen LogP contribution in [-0.4, -0.2) is 0 Å². The van der Waals surface area contributed by atoms with Crippen LogP contribution in [0.4, 0.5) is 22.0 Å². The van der Waals surface area contributed by atoms with Gasteiger partial charge < -0.3 is 0 Å². The van der Waals surface area contributed by atoms with Crippen molar-refractivity contribution in [1.82, 2.24) is 0 Å². The van der Waals surface area contributed by atoms with Gasteiger partial charge in [-0.1, -0.05) is 103 Å². The van der Waals surface area contributed by atoms with E-state index in [0.717, 1.165) is 22.3 Å². The van der Waals surface area contributed by atoms with Crippen LogP contribution in [0.2, 0.25) is 0 Å². The Hall–Kier alpha value is -4.51. The van der Waals surface area contributed by atoms with Gasteiger partial charge in [-0.05, 0) is 43.8 Å². The van der Waals surface area contributed by atoms with Crippen molar-refractivity contribution in [2.24, 2.45) is 0 Å². The van der Waals surface area contributed by atoms with Crippen LogP contribution in [0.5, 0.6) is 0 Å². The van der Waals surface area contributed by atoms with Gasteiger partial charge in [-0.15, -0.1) is 0 Å². The SMILES string of the molecule is Fc1c(F)c(F)c(-c2c3ccccc3c(-c3ccc(-c4ccccc4)cc3)c3ccccc23)c(F)c1F. The third-order valence-electron chi connectivity index (χ3n) is 6.67. The van der Waals surface area contributed by atoms with E-state index < -0.39 is 34.6 Å². The van der Waals surface area contributed by atoms with Crippen LogP contribution in [0.1, 0.15) is 0 Å². The highest BCUT2D eigenvalue weighted by atomic mass is 19.2. The lowest BCUT2D eigenvalue weighted by molar-refractivity contribution is 0.381. The normalized spacial score (nSPS) is 11.4. The highest BCUT2D eigenvalue weighted by Gasteiger charge is 2.29. The maximum Gasteiger partial charge on any atom is 0.200 e. The molecule has 0 N–H and O–H groups in total. The zero-order valence-electron chi connectivity index (χ0n) is 19.2. The van der Waals surface area contributed by atoms with Crippen molar-refractivity contribution in [3.8, 4) is 33.4 Å². The Kier molecular flexibility index (Phi) is 5.49. The summed E-state index contributed by atoms with van der Waals surface area (Å²) in [6, 6.07) is 31.6. The van der Waals surface area contributed by atoms with Gasteiger partial charge in [-0.2, -0.15) is 0 Å². The Labute approximate surface area is 209 Å². The molecule has 37 heavy (non-hydrogen) atoms. The smallest absolute Gasteiger partial charge is 0.200 e. The summed E-state index contributed by atoms with van der Waals surface area (Å²) in [7, 11) is 0. The standard InChI is InChI=1S/C32H17F5/c33-28-27(29(34)31(36)32(37)30(28)35)26-23-12-6-4-10-21(23)25(22-11-5-7-13-24(22)26)20-16-14-19(15-17-20)18-8-2-1-3-9-18/h1-17H.